The topological polar surface area (TPSA) is 38.0 Å². The van der Waals surface area contributed by atoms with Crippen molar-refractivity contribution >= 4 is 35.0 Å². The lowest BCUT2D eigenvalue weighted by Gasteiger charge is -2.09. The first-order valence-electron chi connectivity index (χ1n) is 7.54. The molecule has 2 aromatic carbocycles. The highest BCUT2D eigenvalue weighted by Crippen LogP contribution is 2.28. The van der Waals surface area contributed by atoms with Gasteiger partial charge in [0, 0.05) is 34.1 Å². The molecule has 0 saturated carbocycles. The van der Waals surface area contributed by atoms with Crippen LogP contribution in [0.1, 0.15) is 16.8 Å². The van der Waals surface area contributed by atoms with E-state index >= 15 is 0 Å². The Morgan fingerprint density at radius 2 is 1.88 bits per heavy atom. The number of hydrogen-bond acceptors (Lipinski definition) is 3. The van der Waals surface area contributed by atoms with E-state index < -0.39 is 0 Å². The van der Waals surface area contributed by atoms with Crippen LogP contribution in [0.3, 0.4) is 0 Å². The molecule has 0 atom stereocenters. The number of halogens is 3. The Kier molecular flexibility index (Phi) is 6.02. The molecule has 0 radical (unpaired) electrons. The largest absolute Gasteiger partial charge is 0.390 e. The second kappa shape index (κ2) is 8.23. The first-order chi connectivity index (χ1) is 12.1. The number of imidazole rings is 1. The number of rotatable bonds is 6. The maximum atomic E-state index is 13.9. The third-order valence-electron chi connectivity index (χ3n) is 3.63. The van der Waals surface area contributed by atoms with E-state index in [9.17, 15) is 9.50 Å². The molecule has 1 aromatic heterocycles. The molecular formula is C18H15Cl2FN2OS. The quantitative estimate of drug-likeness (QED) is 0.584. The van der Waals surface area contributed by atoms with Crippen LogP contribution in [0.4, 0.5) is 4.39 Å². The van der Waals surface area contributed by atoms with Crippen molar-refractivity contribution in [2.75, 3.05) is 0 Å². The zero-order chi connectivity index (χ0) is 17.8. The number of thioether (sulfide) groups is 1. The monoisotopic (exact) mass is 396 g/mol. The van der Waals surface area contributed by atoms with E-state index in [4.69, 9.17) is 23.2 Å². The molecule has 0 saturated heterocycles. The van der Waals surface area contributed by atoms with Gasteiger partial charge in [-0.1, -0.05) is 53.2 Å². The lowest BCUT2D eigenvalue weighted by atomic mass is 10.2. The maximum absolute atomic E-state index is 13.9. The van der Waals surface area contributed by atoms with Gasteiger partial charge in [0.05, 0.1) is 12.3 Å². The summed E-state index contributed by atoms with van der Waals surface area (Å²) < 4.78 is 15.9. The van der Waals surface area contributed by atoms with E-state index in [-0.39, 0.29) is 12.4 Å². The van der Waals surface area contributed by atoms with Crippen LogP contribution in [-0.2, 0) is 18.9 Å². The van der Waals surface area contributed by atoms with Gasteiger partial charge < -0.3 is 9.67 Å². The highest BCUT2D eigenvalue weighted by atomic mass is 35.5. The van der Waals surface area contributed by atoms with Gasteiger partial charge >= 0.3 is 0 Å². The molecule has 0 aliphatic rings. The zero-order valence-corrected chi connectivity index (χ0v) is 15.5. The van der Waals surface area contributed by atoms with Crippen LogP contribution >= 0.6 is 35.0 Å². The number of benzene rings is 2. The predicted molar refractivity (Wildman–Crippen MR) is 99.7 cm³/mol. The van der Waals surface area contributed by atoms with Crippen LogP contribution in [0.2, 0.25) is 10.0 Å². The summed E-state index contributed by atoms with van der Waals surface area (Å²) in [6.45, 7) is 0.430. The van der Waals surface area contributed by atoms with Crippen molar-refractivity contribution in [3.63, 3.8) is 0 Å². The molecule has 0 amide bonds. The first-order valence-corrected chi connectivity index (χ1v) is 9.28. The van der Waals surface area contributed by atoms with Gasteiger partial charge in [-0.15, -0.1) is 0 Å². The van der Waals surface area contributed by atoms with Crippen molar-refractivity contribution in [3.05, 3.63) is 81.3 Å². The number of hydrogen-bond donors (Lipinski definition) is 1. The minimum Gasteiger partial charge on any atom is -0.390 e. The fourth-order valence-corrected chi connectivity index (χ4v) is 3.82. The van der Waals surface area contributed by atoms with Crippen molar-refractivity contribution in [2.45, 2.75) is 24.1 Å². The van der Waals surface area contributed by atoms with E-state index in [2.05, 4.69) is 4.98 Å². The molecule has 7 heteroatoms. The van der Waals surface area contributed by atoms with Gasteiger partial charge in [0.2, 0.25) is 0 Å². The Bertz CT molecular complexity index is 848. The summed E-state index contributed by atoms with van der Waals surface area (Å²) in [4.78, 5) is 4.40. The fraction of sp³-hybridized carbons (Fsp3) is 0.167. The molecule has 0 fully saturated rings. The normalized spacial score (nSPS) is 11.0. The molecule has 0 bridgehead atoms. The van der Waals surface area contributed by atoms with E-state index in [0.717, 1.165) is 5.56 Å². The predicted octanol–water partition coefficient (Wildman–Crippen LogP) is 5.16. The van der Waals surface area contributed by atoms with Gasteiger partial charge in [-0.05, 0) is 29.8 Å². The van der Waals surface area contributed by atoms with Crippen LogP contribution in [0.25, 0.3) is 0 Å². The summed E-state index contributed by atoms with van der Waals surface area (Å²) in [5, 5.41) is 11.1. The zero-order valence-electron chi connectivity index (χ0n) is 13.1. The number of aliphatic hydroxyl groups is 1. The van der Waals surface area contributed by atoms with Crippen LogP contribution < -0.4 is 0 Å². The Morgan fingerprint density at radius 3 is 2.56 bits per heavy atom. The molecule has 0 spiro atoms. The van der Waals surface area contributed by atoms with Gasteiger partial charge in [0.15, 0.2) is 5.16 Å². The molecular weight excluding hydrogens is 382 g/mol. The molecule has 3 aromatic rings. The average Bonchev–Trinajstić information content (AvgIpc) is 2.98. The summed E-state index contributed by atoms with van der Waals surface area (Å²) in [5.41, 5.74) is 2.06. The molecule has 0 aliphatic heterocycles. The third-order valence-corrected chi connectivity index (χ3v) is 5.25. The van der Waals surface area contributed by atoms with Crippen molar-refractivity contribution in [3.8, 4) is 0 Å². The summed E-state index contributed by atoms with van der Waals surface area (Å²) in [7, 11) is 0. The summed E-state index contributed by atoms with van der Waals surface area (Å²) in [6, 6.07) is 12.2. The van der Waals surface area contributed by atoms with Crippen LogP contribution in [-0.4, -0.2) is 14.7 Å². The van der Waals surface area contributed by atoms with E-state index in [0.29, 0.717) is 38.8 Å². The maximum Gasteiger partial charge on any atom is 0.168 e. The molecule has 130 valence electrons. The lowest BCUT2D eigenvalue weighted by Crippen LogP contribution is -2.00. The Balaban J connectivity index is 1.81. The third kappa shape index (κ3) is 4.55. The highest BCUT2D eigenvalue weighted by molar-refractivity contribution is 7.98. The van der Waals surface area contributed by atoms with Gasteiger partial charge in [-0.2, -0.15) is 0 Å². The number of aromatic nitrogens is 2. The van der Waals surface area contributed by atoms with Gasteiger partial charge in [-0.3, -0.25) is 0 Å². The first kappa shape index (κ1) is 18.3. The average molecular weight is 397 g/mol. The highest BCUT2D eigenvalue weighted by Gasteiger charge is 2.12. The molecule has 3 rings (SSSR count). The van der Waals surface area contributed by atoms with E-state index in [1.165, 1.54) is 17.8 Å². The van der Waals surface area contributed by atoms with Crippen LogP contribution in [0.5, 0.6) is 0 Å². The van der Waals surface area contributed by atoms with Gasteiger partial charge in [-0.25, -0.2) is 9.37 Å². The second-order valence-corrected chi connectivity index (χ2v) is 7.20. The molecule has 0 aliphatic carbocycles. The number of aliphatic hydroxyl groups excluding tert-OH is 1. The Morgan fingerprint density at radius 1 is 1.12 bits per heavy atom. The molecule has 25 heavy (non-hydrogen) atoms. The summed E-state index contributed by atoms with van der Waals surface area (Å²) >= 11 is 13.4. The molecule has 1 heterocycles. The van der Waals surface area contributed by atoms with Crippen LogP contribution in [0.15, 0.2) is 53.8 Å². The van der Waals surface area contributed by atoms with Gasteiger partial charge in [0.1, 0.15) is 5.82 Å². The van der Waals surface area contributed by atoms with Crippen LogP contribution in [0, 0.1) is 5.82 Å². The lowest BCUT2D eigenvalue weighted by molar-refractivity contribution is 0.277. The van der Waals surface area contributed by atoms with Gasteiger partial charge in [0.25, 0.3) is 0 Å². The van der Waals surface area contributed by atoms with Crippen molar-refractivity contribution in [1.29, 1.82) is 0 Å². The van der Waals surface area contributed by atoms with Crippen molar-refractivity contribution < 1.29 is 9.50 Å². The molecule has 3 nitrogen and oxygen atoms in total. The minimum atomic E-state index is -0.335. The Hall–Kier alpha value is -1.53. The van der Waals surface area contributed by atoms with E-state index in [1.807, 2.05) is 28.8 Å². The molecule has 1 N–H and O–H groups in total. The van der Waals surface area contributed by atoms with Crippen molar-refractivity contribution in [2.24, 2.45) is 0 Å². The van der Waals surface area contributed by atoms with Crippen molar-refractivity contribution in [1.82, 2.24) is 9.55 Å². The SMILES string of the molecule is OCc1cn(Cc2ccc(Cl)cc2)c(SCc2c(F)cccc2Cl)n1. The fourth-order valence-electron chi connectivity index (χ4n) is 2.35. The summed E-state index contributed by atoms with van der Waals surface area (Å²) in [5.74, 6) is 0.0202. The second-order valence-electron chi connectivity index (χ2n) is 5.42. The minimum absolute atomic E-state index is 0.151. The van der Waals surface area contributed by atoms with E-state index in [1.54, 1.807) is 18.3 Å². The number of nitrogens with zero attached hydrogens (tertiary/aromatic N) is 2. The Labute approximate surface area is 159 Å². The molecule has 0 unspecified atom stereocenters. The standard InChI is InChI=1S/C18H15Cl2FN2OS/c19-13-6-4-12(5-7-13)8-23-9-14(10-24)22-18(23)25-11-15-16(20)2-1-3-17(15)21/h1-7,9,24H,8,10-11H2. The summed E-state index contributed by atoms with van der Waals surface area (Å²) in [6.07, 6.45) is 1.79. The smallest absolute Gasteiger partial charge is 0.168 e.